The quantitative estimate of drug-likeness (QED) is 0.614. The molecule has 1 N–H and O–H groups in total. The molecule has 0 rings (SSSR count). The van der Waals surface area contributed by atoms with Crippen molar-refractivity contribution in [1.29, 1.82) is 0 Å². The maximum atomic E-state index is 8.04. The Morgan fingerprint density at radius 3 is 2.00 bits per heavy atom. The van der Waals surface area contributed by atoms with Crippen LogP contribution < -0.4 is 0 Å². The van der Waals surface area contributed by atoms with Gasteiger partial charge in [0.05, 0.1) is 0 Å². The van der Waals surface area contributed by atoms with Gasteiger partial charge >= 0.3 is 0 Å². The van der Waals surface area contributed by atoms with Crippen molar-refractivity contribution in [3.63, 3.8) is 0 Å². The molecule has 3 heteroatoms. The summed E-state index contributed by atoms with van der Waals surface area (Å²) >= 11 is 3.15. The summed E-state index contributed by atoms with van der Waals surface area (Å²) in [5, 5.41) is 8.94. The summed E-state index contributed by atoms with van der Waals surface area (Å²) in [6, 6.07) is 0. The summed E-state index contributed by atoms with van der Waals surface area (Å²) in [5.74, 6) is 0. The molecule has 0 aromatic carbocycles. The molecular weight excluding hydrogens is 164 g/mol. The lowest BCUT2D eigenvalue weighted by Gasteiger charge is -1.78. The van der Waals surface area contributed by atoms with Gasteiger partial charge in [-0.1, -0.05) is 15.9 Å². The zero-order valence-electron chi connectivity index (χ0n) is 3.45. The molecule has 0 aliphatic carbocycles. The Morgan fingerprint density at radius 1 is 1.50 bits per heavy atom. The number of halogens is 1. The number of hydrogen-bond acceptors (Lipinski definition) is 1. The van der Waals surface area contributed by atoms with Crippen LogP contribution >= 0.6 is 29.4 Å². The second kappa shape index (κ2) is 9.25. The van der Waals surface area contributed by atoms with E-state index in [1.54, 1.807) is 0 Å². The largest absolute Gasteiger partial charge is 0.396 e. The third-order valence-corrected chi connectivity index (χ3v) is 0.852. The van der Waals surface area contributed by atoms with Crippen LogP contribution in [0.15, 0.2) is 0 Å². The molecule has 0 heterocycles. The number of hydrogen-bond donors (Lipinski definition) is 1. The molecular formula is C3H9BrOS. The molecule has 6 heavy (non-hydrogen) atoms. The molecule has 40 valence electrons. The first-order valence-corrected chi connectivity index (χ1v) is 2.70. The Morgan fingerprint density at radius 2 is 2.00 bits per heavy atom. The van der Waals surface area contributed by atoms with E-state index in [0.717, 1.165) is 11.8 Å². The Hall–Kier alpha value is 0.790. The fraction of sp³-hybridized carbons (Fsp3) is 1.00. The number of aliphatic hydroxyl groups excluding tert-OH is 1. The third kappa shape index (κ3) is 8.84. The highest BCUT2D eigenvalue weighted by molar-refractivity contribution is 9.09. The maximum Gasteiger partial charge on any atom is 0.0438 e. The minimum atomic E-state index is 0. The van der Waals surface area contributed by atoms with Crippen LogP contribution in [0.1, 0.15) is 6.42 Å². The minimum Gasteiger partial charge on any atom is -0.396 e. The van der Waals surface area contributed by atoms with Gasteiger partial charge in [-0.2, -0.15) is 13.5 Å². The number of alkyl halides is 1. The van der Waals surface area contributed by atoms with Gasteiger partial charge in [0.2, 0.25) is 0 Å². The average Bonchev–Trinajstić information content (AvgIpc) is 1.41. The molecule has 0 saturated heterocycles. The van der Waals surface area contributed by atoms with Crippen molar-refractivity contribution in [2.45, 2.75) is 6.42 Å². The molecule has 0 aliphatic rings. The van der Waals surface area contributed by atoms with E-state index in [1.165, 1.54) is 0 Å². The Balaban J connectivity index is 0. The van der Waals surface area contributed by atoms with Crippen molar-refractivity contribution in [1.82, 2.24) is 0 Å². The molecule has 0 amide bonds. The van der Waals surface area contributed by atoms with Crippen LogP contribution in [0.4, 0.5) is 0 Å². The lowest BCUT2D eigenvalue weighted by atomic mass is 10.5. The monoisotopic (exact) mass is 172 g/mol. The lowest BCUT2D eigenvalue weighted by molar-refractivity contribution is 0.296. The fourth-order valence-electron chi connectivity index (χ4n) is 0.0598. The molecule has 0 unspecified atom stereocenters. The minimum absolute atomic E-state index is 0. The van der Waals surface area contributed by atoms with Gasteiger partial charge < -0.3 is 5.11 Å². The summed E-state index contributed by atoms with van der Waals surface area (Å²) in [6.45, 7) is 0.297. The first-order valence-electron chi connectivity index (χ1n) is 1.58. The predicted molar refractivity (Wildman–Crippen MR) is 35.9 cm³/mol. The highest BCUT2D eigenvalue weighted by Gasteiger charge is 1.70. The molecule has 0 bridgehead atoms. The molecule has 0 aliphatic heterocycles. The Bertz CT molecular complexity index is 18.3. The smallest absolute Gasteiger partial charge is 0.0438 e. The highest BCUT2D eigenvalue weighted by atomic mass is 79.9. The van der Waals surface area contributed by atoms with Crippen LogP contribution in [0.25, 0.3) is 0 Å². The van der Waals surface area contributed by atoms with E-state index in [1.807, 2.05) is 0 Å². The van der Waals surface area contributed by atoms with Crippen LogP contribution in [0, 0.1) is 0 Å². The molecule has 0 spiro atoms. The molecule has 0 saturated carbocycles. The predicted octanol–water partition coefficient (Wildman–Crippen LogP) is 0.876. The van der Waals surface area contributed by atoms with Crippen molar-refractivity contribution in [3.8, 4) is 0 Å². The topological polar surface area (TPSA) is 20.2 Å². The molecule has 0 fully saturated rings. The van der Waals surface area contributed by atoms with Crippen LogP contribution in [0.3, 0.4) is 0 Å². The summed E-state index contributed by atoms with van der Waals surface area (Å²) in [5.41, 5.74) is 0. The SMILES string of the molecule is OCCCBr.S. The normalized spacial score (nSPS) is 7.00. The summed E-state index contributed by atoms with van der Waals surface area (Å²) in [7, 11) is 0. The van der Waals surface area contributed by atoms with E-state index < -0.39 is 0 Å². The van der Waals surface area contributed by atoms with Crippen LogP contribution in [-0.2, 0) is 0 Å². The van der Waals surface area contributed by atoms with Gasteiger partial charge in [0, 0.05) is 11.9 Å². The van der Waals surface area contributed by atoms with Crippen molar-refractivity contribution in [3.05, 3.63) is 0 Å². The van der Waals surface area contributed by atoms with E-state index in [-0.39, 0.29) is 13.5 Å². The van der Waals surface area contributed by atoms with Crippen LogP contribution in [-0.4, -0.2) is 17.0 Å². The highest BCUT2D eigenvalue weighted by Crippen LogP contribution is 1.81. The molecule has 0 atom stereocenters. The number of aliphatic hydroxyl groups is 1. The summed E-state index contributed by atoms with van der Waals surface area (Å²) in [6.07, 6.45) is 0.861. The second-order valence-electron chi connectivity index (χ2n) is 0.766. The van der Waals surface area contributed by atoms with E-state index in [0.29, 0.717) is 6.61 Å². The van der Waals surface area contributed by atoms with E-state index >= 15 is 0 Å². The maximum absolute atomic E-state index is 8.04. The van der Waals surface area contributed by atoms with Gasteiger partial charge in [-0.3, -0.25) is 0 Å². The number of rotatable bonds is 2. The van der Waals surface area contributed by atoms with E-state index in [2.05, 4.69) is 15.9 Å². The van der Waals surface area contributed by atoms with E-state index in [4.69, 9.17) is 5.11 Å². The fourth-order valence-corrected chi connectivity index (χ4v) is 0.311. The van der Waals surface area contributed by atoms with Crippen LogP contribution in [0.2, 0.25) is 0 Å². The molecule has 0 aromatic rings. The summed E-state index contributed by atoms with van der Waals surface area (Å²) < 4.78 is 0. The third-order valence-electron chi connectivity index (χ3n) is 0.292. The molecule has 0 radical (unpaired) electrons. The van der Waals surface area contributed by atoms with E-state index in [9.17, 15) is 0 Å². The first kappa shape index (κ1) is 9.92. The molecule has 1 nitrogen and oxygen atoms in total. The van der Waals surface area contributed by atoms with Gasteiger partial charge in [0.1, 0.15) is 0 Å². The molecule has 0 aromatic heterocycles. The van der Waals surface area contributed by atoms with Gasteiger partial charge in [-0.25, -0.2) is 0 Å². The average molecular weight is 173 g/mol. The van der Waals surface area contributed by atoms with Gasteiger partial charge in [0.25, 0.3) is 0 Å². The Kier molecular flexibility index (Phi) is 15.3. The first-order chi connectivity index (χ1) is 2.41. The Labute approximate surface area is 53.3 Å². The van der Waals surface area contributed by atoms with Crippen LogP contribution in [0.5, 0.6) is 0 Å². The standard InChI is InChI=1S/C3H7BrO.H2S/c4-2-1-3-5;/h5H,1-3H2;1H2. The lowest BCUT2D eigenvalue weighted by Crippen LogP contribution is -1.78. The van der Waals surface area contributed by atoms with Crippen molar-refractivity contribution >= 4 is 29.4 Å². The van der Waals surface area contributed by atoms with Gasteiger partial charge in [-0.05, 0) is 6.42 Å². The van der Waals surface area contributed by atoms with Crippen molar-refractivity contribution in [2.24, 2.45) is 0 Å². The van der Waals surface area contributed by atoms with Gasteiger partial charge in [0.15, 0.2) is 0 Å². The van der Waals surface area contributed by atoms with Crippen molar-refractivity contribution < 1.29 is 5.11 Å². The second-order valence-corrected chi connectivity index (χ2v) is 1.56. The summed E-state index contributed by atoms with van der Waals surface area (Å²) in [4.78, 5) is 0. The van der Waals surface area contributed by atoms with Gasteiger partial charge in [-0.15, -0.1) is 0 Å². The zero-order valence-corrected chi connectivity index (χ0v) is 6.03. The zero-order chi connectivity index (χ0) is 4.12. The van der Waals surface area contributed by atoms with Crippen molar-refractivity contribution in [2.75, 3.05) is 11.9 Å².